The first-order valence-electron chi connectivity index (χ1n) is 11.5. The van der Waals surface area contributed by atoms with Crippen LogP contribution in [-0.2, 0) is 11.2 Å². The molecule has 1 aliphatic heterocycles. The Morgan fingerprint density at radius 1 is 1.25 bits per heavy atom. The standard InChI is InChI=1S/C25H27ClFN5O4/c1-25(36)13-32(14-25)12-17(24(34)35)9-19(29-23(33)22-11-28-31-30-22)8-15-2-4-16(5-3-15)20-10-18(26)6-7-21(20)27/h2-7,10-11,17,19,36H,8-9,12-14H2,1H3,(H,29,33)(H,34,35)(H,28,30,31)/t17-,19+/m0/s1. The summed E-state index contributed by atoms with van der Waals surface area (Å²) in [7, 11) is 0. The number of carbonyl (C=O) groups excluding carboxylic acids is 1. The van der Waals surface area contributed by atoms with E-state index in [1.807, 2.05) is 17.0 Å². The Hall–Kier alpha value is -3.34. The second kappa shape index (κ2) is 10.7. The number of aromatic amines is 1. The summed E-state index contributed by atoms with van der Waals surface area (Å²) in [5.74, 6) is -2.60. The van der Waals surface area contributed by atoms with E-state index in [2.05, 4.69) is 20.7 Å². The average Bonchev–Trinajstić information content (AvgIpc) is 3.34. The van der Waals surface area contributed by atoms with Gasteiger partial charge in [0.2, 0.25) is 0 Å². The third-order valence-corrected chi connectivity index (χ3v) is 6.42. The van der Waals surface area contributed by atoms with Crippen LogP contribution < -0.4 is 5.32 Å². The SMILES string of the molecule is CC1(O)CN(C[C@H](C[C@@H](Cc2ccc(-c3cc(Cl)ccc3F)cc2)NC(=O)c2c[nH]nn2)C(=O)O)C1. The number of amides is 1. The van der Waals surface area contributed by atoms with E-state index >= 15 is 0 Å². The number of rotatable bonds is 10. The number of nitrogens with zero attached hydrogens (tertiary/aromatic N) is 3. The summed E-state index contributed by atoms with van der Waals surface area (Å²) in [4.78, 5) is 26.6. The second-order valence-corrected chi connectivity index (χ2v) is 9.93. The van der Waals surface area contributed by atoms with Crippen LogP contribution in [0.15, 0.2) is 48.7 Å². The molecule has 0 saturated carbocycles. The molecule has 3 aromatic rings. The molecule has 1 amide bonds. The van der Waals surface area contributed by atoms with E-state index in [1.54, 1.807) is 25.1 Å². The predicted octanol–water partition coefficient (Wildman–Crippen LogP) is 2.76. The quantitative estimate of drug-likeness (QED) is 0.326. The fourth-order valence-electron chi connectivity index (χ4n) is 4.54. The lowest BCUT2D eigenvalue weighted by Crippen LogP contribution is -2.61. The van der Waals surface area contributed by atoms with Crippen LogP contribution in [0.25, 0.3) is 11.1 Å². The first kappa shape index (κ1) is 25.7. The number of halogens is 2. The largest absolute Gasteiger partial charge is 0.481 e. The lowest BCUT2D eigenvalue weighted by Gasteiger charge is -2.45. The lowest BCUT2D eigenvalue weighted by molar-refractivity contribution is -0.146. The highest BCUT2D eigenvalue weighted by Crippen LogP contribution is 2.27. The molecule has 1 saturated heterocycles. The first-order valence-corrected chi connectivity index (χ1v) is 11.9. The molecule has 1 aliphatic rings. The van der Waals surface area contributed by atoms with Crippen LogP contribution in [0.5, 0.6) is 0 Å². The summed E-state index contributed by atoms with van der Waals surface area (Å²) < 4.78 is 14.3. The van der Waals surface area contributed by atoms with Gasteiger partial charge in [-0.3, -0.25) is 19.6 Å². The Labute approximate surface area is 212 Å². The van der Waals surface area contributed by atoms with Crippen molar-refractivity contribution in [1.29, 1.82) is 0 Å². The number of hydrogen-bond acceptors (Lipinski definition) is 6. The van der Waals surface area contributed by atoms with Gasteiger partial charge in [0.1, 0.15) is 5.82 Å². The minimum atomic E-state index is -0.978. The maximum absolute atomic E-state index is 14.3. The molecule has 1 aromatic heterocycles. The fourth-order valence-corrected chi connectivity index (χ4v) is 4.72. The molecule has 1 fully saturated rings. The zero-order valence-corrected chi connectivity index (χ0v) is 20.4. The van der Waals surface area contributed by atoms with E-state index in [4.69, 9.17) is 11.6 Å². The normalized spacial score (nSPS) is 16.7. The van der Waals surface area contributed by atoms with E-state index in [1.165, 1.54) is 18.3 Å². The van der Waals surface area contributed by atoms with Gasteiger partial charge in [-0.25, -0.2) is 4.39 Å². The van der Waals surface area contributed by atoms with E-state index in [0.717, 1.165) is 5.56 Å². The molecule has 36 heavy (non-hydrogen) atoms. The highest BCUT2D eigenvalue weighted by Gasteiger charge is 2.39. The van der Waals surface area contributed by atoms with Crippen molar-refractivity contribution in [1.82, 2.24) is 25.6 Å². The molecule has 0 radical (unpaired) electrons. The molecule has 0 unspecified atom stereocenters. The Balaban J connectivity index is 1.50. The maximum Gasteiger partial charge on any atom is 0.307 e. The predicted molar refractivity (Wildman–Crippen MR) is 131 cm³/mol. The van der Waals surface area contributed by atoms with Gasteiger partial charge < -0.3 is 15.5 Å². The number of aromatic nitrogens is 3. The first-order chi connectivity index (χ1) is 17.1. The number of likely N-dealkylation sites (tertiary alicyclic amines) is 1. The van der Waals surface area contributed by atoms with Gasteiger partial charge in [0, 0.05) is 36.3 Å². The molecule has 4 N–H and O–H groups in total. The van der Waals surface area contributed by atoms with Gasteiger partial charge in [-0.15, -0.1) is 5.10 Å². The smallest absolute Gasteiger partial charge is 0.307 e. The Kier molecular flexibility index (Phi) is 7.67. The molecule has 2 atom stereocenters. The van der Waals surface area contributed by atoms with Crippen molar-refractivity contribution in [2.75, 3.05) is 19.6 Å². The molecule has 0 bridgehead atoms. The van der Waals surface area contributed by atoms with Crippen molar-refractivity contribution in [2.45, 2.75) is 31.4 Å². The second-order valence-electron chi connectivity index (χ2n) is 9.49. The van der Waals surface area contributed by atoms with Gasteiger partial charge in [0.05, 0.1) is 17.7 Å². The van der Waals surface area contributed by atoms with E-state index in [9.17, 15) is 24.2 Å². The molecule has 0 spiro atoms. The number of carboxylic acid groups (broad SMARTS) is 1. The zero-order valence-electron chi connectivity index (χ0n) is 19.6. The van der Waals surface area contributed by atoms with Crippen LogP contribution in [-0.4, -0.2) is 73.7 Å². The van der Waals surface area contributed by atoms with Crippen LogP contribution >= 0.6 is 11.6 Å². The molecule has 11 heteroatoms. The van der Waals surface area contributed by atoms with Gasteiger partial charge in [-0.05, 0) is 49.1 Å². The molecule has 9 nitrogen and oxygen atoms in total. The van der Waals surface area contributed by atoms with Crippen LogP contribution in [0.1, 0.15) is 29.4 Å². The molecule has 2 heterocycles. The molecule has 2 aromatic carbocycles. The third kappa shape index (κ3) is 6.45. The average molecular weight is 516 g/mol. The lowest BCUT2D eigenvalue weighted by atomic mass is 9.90. The van der Waals surface area contributed by atoms with Crippen molar-refractivity contribution in [3.8, 4) is 11.1 Å². The maximum atomic E-state index is 14.3. The highest BCUT2D eigenvalue weighted by atomic mass is 35.5. The van der Waals surface area contributed by atoms with Gasteiger partial charge >= 0.3 is 5.97 Å². The Morgan fingerprint density at radius 2 is 1.97 bits per heavy atom. The van der Waals surface area contributed by atoms with Gasteiger partial charge in [0.15, 0.2) is 5.69 Å². The van der Waals surface area contributed by atoms with Crippen LogP contribution in [0, 0.1) is 11.7 Å². The summed E-state index contributed by atoms with van der Waals surface area (Å²) in [6, 6.07) is 11.0. The Bertz CT molecular complexity index is 1210. The van der Waals surface area contributed by atoms with Crippen molar-refractivity contribution in [3.05, 3.63) is 70.8 Å². The number of aliphatic carboxylic acids is 1. The number of hydrogen-bond donors (Lipinski definition) is 4. The molecular weight excluding hydrogens is 489 g/mol. The number of carbonyl (C=O) groups is 2. The highest BCUT2D eigenvalue weighted by molar-refractivity contribution is 6.30. The van der Waals surface area contributed by atoms with Crippen molar-refractivity contribution in [2.24, 2.45) is 5.92 Å². The number of H-pyrrole nitrogens is 1. The van der Waals surface area contributed by atoms with E-state index < -0.39 is 29.4 Å². The zero-order chi connectivity index (χ0) is 25.9. The van der Waals surface area contributed by atoms with Gasteiger partial charge in [0.25, 0.3) is 5.91 Å². The molecule has 190 valence electrons. The van der Waals surface area contributed by atoms with Crippen LogP contribution in [0.2, 0.25) is 5.02 Å². The van der Waals surface area contributed by atoms with Crippen molar-refractivity contribution in [3.63, 3.8) is 0 Å². The van der Waals surface area contributed by atoms with Crippen molar-refractivity contribution >= 4 is 23.5 Å². The third-order valence-electron chi connectivity index (χ3n) is 6.19. The number of aliphatic hydroxyl groups is 1. The summed E-state index contributed by atoms with van der Waals surface area (Å²) in [5.41, 5.74) is 1.14. The Morgan fingerprint density at radius 3 is 2.58 bits per heavy atom. The van der Waals surface area contributed by atoms with Gasteiger partial charge in [-0.2, -0.15) is 0 Å². The topological polar surface area (TPSA) is 131 Å². The monoisotopic (exact) mass is 515 g/mol. The van der Waals surface area contributed by atoms with Crippen molar-refractivity contribution < 1.29 is 24.2 Å². The summed E-state index contributed by atoms with van der Waals surface area (Å²) >= 11 is 6.01. The number of benzene rings is 2. The number of carboxylic acids is 1. The van der Waals surface area contributed by atoms with Gasteiger partial charge in [-0.1, -0.05) is 41.1 Å². The van der Waals surface area contributed by atoms with Crippen LogP contribution in [0.4, 0.5) is 4.39 Å². The minimum Gasteiger partial charge on any atom is -0.481 e. The fraction of sp³-hybridized carbons (Fsp3) is 0.360. The van der Waals surface area contributed by atoms with E-state index in [0.29, 0.717) is 35.7 Å². The number of β-amino-alcohol motifs (C(OH)–C–C–N with tert-alkyl or cyclic N) is 1. The minimum absolute atomic E-state index is 0.0949. The molecule has 4 rings (SSSR count). The molecule has 0 aliphatic carbocycles. The number of nitrogens with one attached hydrogen (secondary N) is 2. The summed E-state index contributed by atoms with van der Waals surface area (Å²) in [6.07, 6.45) is 1.88. The van der Waals surface area contributed by atoms with E-state index in [-0.39, 0.29) is 24.5 Å². The summed E-state index contributed by atoms with van der Waals surface area (Å²) in [5, 5.41) is 32.9. The van der Waals surface area contributed by atoms with Crippen LogP contribution in [0.3, 0.4) is 0 Å². The molecular formula is C25H27ClFN5O4. The summed E-state index contributed by atoms with van der Waals surface area (Å²) in [6.45, 7) is 2.76.